The van der Waals surface area contributed by atoms with Gasteiger partial charge in [-0.2, -0.15) is 0 Å². The van der Waals surface area contributed by atoms with Crippen molar-refractivity contribution in [2.45, 2.75) is 25.8 Å². The molecular weight excluding hydrogens is 212 g/mol. The van der Waals surface area contributed by atoms with Gasteiger partial charge in [0.05, 0.1) is 0 Å². The number of aromatic nitrogens is 1. The molecule has 1 heterocycles. The molecule has 0 saturated heterocycles. The fourth-order valence-corrected chi connectivity index (χ4v) is 1.57. The molecule has 15 heavy (non-hydrogen) atoms. The van der Waals surface area contributed by atoms with Crippen LogP contribution in [-0.2, 0) is 6.42 Å². The number of nitrogens with two attached hydrogens (primary N) is 1. The normalized spacial score (nSPS) is 13.3. The average Bonchev–Trinajstić information content (AvgIpc) is 2.59. The van der Waals surface area contributed by atoms with Crippen molar-refractivity contribution >= 4 is 22.7 Å². The van der Waals surface area contributed by atoms with Crippen LogP contribution in [0.25, 0.3) is 11.1 Å². The van der Waals surface area contributed by atoms with Crippen molar-refractivity contribution in [3.8, 4) is 0 Å². The van der Waals surface area contributed by atoms with Gasteiger partial charge < -0.3 is 10.2 Å². The van der Waals surface area contributed by atoms with Crippen LogP contribution in [0.3, 0.4) is 0 Å². The summed E-state index contributed by atoms with van der Waals surface area (Å²) in [5.74, 6) is 0.682. The molecule has 0 bridgehead atoms. The molecule has 2 rings (SSSR count). The second-order valence-corrected chi connectivity index (χ2v) is 4.03. The predicted octanol–water partition coefficient (Wildman–Crippen LogP) is 2.76. The molecule has 0 amide bonds. The Labute approximate surface area is 93.2 Å². The van der Waals surface area contributed by atoms with Crippen LogP contribution in [-0.4, -0.2) is 11.0 Å². The van der Waals surface area contributed by atoms with Crippen molar-refractivity contribution in [2.24, 2.45) is 5.73 Å². The van der Waals surface area contributed by atoms with Crippen LogP contribution < -0.4 is 5.73 Å². The summed E-state index contributed by atoms with van der Waals surface area (Å²) >= 11 is 5.85. The summed E-state index contributed by atoms with van der Waals surface area (Å²) in [5, 5.41) is 0.669. The van der Waals surface area contributed by atoms with E-state index in [9.17, 15) is 0 Å². The van der Waals surface area contributed by atoms with E-state index >= 15 is 0 Å². The molecule has 1 aromatic heterocycles. The number of rotatable bonds is 3. The van der Waals surface area contributed by atoms with Crippen molar-refractivity contribution in [3.63, 3.8) is 0 Å². The summed E-state index contributed by atoms with van der Waals surface area (Å²) in [6.07, 6.45) is 1.59. The summed E-state index contributed by atoms with van der Waals surface area (Å²) in [7, 11) is 0. The molecule has 0 aliphatic carbocycles. The van der Waals surface area contributed by atoms with E-state index in [1.165, 1.54) is 0 Å². The number of halogens is 1. The van der Waals surface area contributed by atoms with Crippen molar-refractivity contribution in [2.75, 3.05) is 0 Å². The Morgan fingerprint density at radius 3 is 3.07 bits per heavy atom. The Hall–Kier alpha value is -1.06. The van der Waals surface area contributed by atoms with Gasteiger partial charge in [0.25, 0.3) is 0 Å². The number of oxazole rings is 1. The van der Waals surface area contributed by atoms with Gasteiger partial charge in [-0.1, -0.05) is 18.5 Å². The number of benzene rings is 1. The molecule has 3 nitrogen and oxygen atoms in total. The van der Waals surface area contributed by atoms with Crippen LogP contribution >= 0.6 is 11.6 Å². The summed E-state index contributed by atoms with van der Waals surface area (Å²) in [5.41, 5.74) is 7.38. The highest BCUT2D eigenvalue weighted by molar-refractivity contribution is 6.31. The Balaban J connectivity index is 2.30. The van der Waals surface area contributed by atoms with Gasteiger partial charge >= 0.3 is 0 Å². The maximum Gasteiger partial charge on any atom is 0.197 e. The average molecular weight is 225 g/mol. The quantitative estimate of drug-likeness (QED) is 0.872. The first-order valence-electron chi connectivity index (χ1n) is 4.99. The standard InChI is InChI=1S/C11H13ClN2O/c1-2-8(13)6-11-14-9-5-7(12)3-4-10(9)15-11/h3-5,8H,2,6,13H2,1H3. The maximum absolute atomic E-state index is 5.85. The van der Waals surface area contributed by atoms with Gasteiger partial charge in [-0.15, -0.1) is 0 Å². The van der Waals surface area contributed by atoms with Gasteiger partial charge in [0.15, 0.2) is 11.5 Å². The molecule has 2 aromatic rings. The van der Waals surface area contributed by atoms with E-state index < -0.39 is 0 Å². The first-order chi connectivity index (χ1) is 7.19. The Kier molecular flexibility index (Phi) is 2.93. The van der Waals surface area contributed by atoms with Crippen molar-refractivity contribution in [3.05, 3.63) is 29.1 Å². The highest BCUT2D eigenvalue weighted by atomic mass is 35.5. The minimum Gasteiger partial charge on any atom is -0.441 e. The lowest BCUT2D eigenvalue weighted by molar-refractivity contribution is 0.491. The SMILES string of the molecule is CCC(N)Cc1nc2cc(Cl)ccc2o1. The van der Waals surface area contributed by atoms with Crippen molar-refractivity contribution in [1.82, 2.24) is 4.98 Å². The van der Waals surface area contributed by atoms with Crippen molar-refractivity contribution in [1.29, 1.82) is 0 Å². The predicted molar refractivity (Wildman–Crippen MR) is 61.0 cm³/mol. The van der Waals surface area contributed by atoms with Crippen LogP contribution in [0.4, 0.5) is 0 Å². The lowest BCUT2D eigenvalue weighted by Crippen LogP contribution is -2.21. The minimum atomic E-state index is 0.105. The highest BCUT2D eigenvalue weighted by Gasteiger charge is 2.09. The van der Waals surface area contributed by atoms with E-state index in [-0.39, 0.29) is 6.04 Å². The molecule has 1 unspecified atom stereocenters. The van der Waals surface area contributed by atoms with E-state index in [1.54, 1.807) is 12.1 Å². The van der Waals surface area contributed by atoms with Gasteiger partial charge in [-0.05, 0) is 24.6 Å². The second-order valence-electron chi connectivity index (χ2n) is 3.59. The molecule has 1 atom stereocenters. The molecule has 4 heteroatoms. The van der Waals surface area contributed by atoms with E-state index in [1.807, 2.05) is 13.0 Å². The largest absolute Gasteiger partial charge is 0.441 e. The molecule has 0 radical (unpaired) electrons. The van der Waals surface area contributed by atoms with E-state index in [4.69, 9.17) is 21.8 Å². The van der Waals surface area contributed by atoms with E-state index in [0.29, 0.717) is 17.3 Å². The Bertz CT molecular complexity index is 467. The maximum atomic E-state index is 5.85. The third-order valence-corrected chi connectivity index (χ3v) is 2.59. The highest BCUT2D eigenvalue weighted by Crippen LogP contribution is 2.20. The molecule has 2 N–H and O–H groups in total. The zero-order chi connectivity index (χ0) is 10.8. The second kappa shape index (κ2) is 4.21. The zero-order valence-corrected chi connectivity index (χ0v) is 9.29. The Morgan fingerprint density at radius 1 is 1.53 bits per heavy atom. The van der Waals surface area contributed by atoms with Crippen molar-refractivity contribution < 1.29 is 4.42 Å². The van der Waals surface area contributed by atoms with Gasteiger partial charge in [0, 0.05) is 17.5 Å². The van der Waals surface area contributed by atoms with Crippen LogP contribution in [0.5, 0.6) is 0 Å². The summed E-state index contributed by atoms with van der Waals surface area (Å²) in [6, 6.07) is 5.51. The molecule has 1 aromatic carbocycles. The molecule has 0 aliphatic rings. The van der Waals surface area contributed by atoms with Crippen LogP contribution in [0, 0.1) is 0 Å². The third kappa shape index (κ3) is 2.30. The van der Waals surface area contributed by atoms with E-state index in [0.717, 1.165) is 17.5 Å². The summed E-state index contributed by atoms with van der Waals surface area (Å²) in [6.45, 7) is 2.05. The number of hydrogen-bond acceptors (Lipinski definition) is 3. The monoisotopic (exact) mass is 224 g/mol. The third-order valence-electron chi connectivity index (χ3n) is 2.36. The van der Waals surface area contributed by atoms with Crippen LogP contribution in [0.15, 0.2) is 22.6 Å². The number of fused-ring (bicyclic) bond motifs is 1. The topological polar surface area (TPSA) is 52.0 Å². The van der Waals surface area contributed by atoms with Gasteiger partial charge in [0.2, 0.25) is 0 Å². The summed E-state index contributed by atoms with van der Waals surface area (Å²) < 4.78 is 5.55. The zero-order valence-electron chi connectivity index (χ0n) is 8.53. The lowest BCUT2D eigenvalue weighted by atomic mass is 10.2. The molecule has 0 aliphatic heterocycles. The van der Waals surface area contributed by atoms with Crippen LogP contribution in [0.2, 0.25) is 5.02 Å². The van der Waals surface area contributed by atoms with Gasteiger partial charge in [0.1, 0.15) is 5.52 Å². The molecule has 0 spiro atoms. The molecule has 0 fully saturated rings. The van der Waals surface area contributed by atoms with Gasteiger partial charge in [-0.3, -0.25) is 0 Å². The fourth-order valence-electron chi connectivity index (χ4n) is 1.40. The summed E-state index contributed by atoms with van der Waals surface area (Å²) in [4.78, 5) is 4.33. The molecule has 0 saturated carbocycles. The number of hydrogen-bond donors (Lipinski definition) is 1. The minimum absolute atomic E-state index is 0.105. The van der Waals surface area contributed by atoms with Crippen LogP contribution in [0.1, 0.15) is 19.2 Å². The fraction of sp³-hybridized carbons (Fsp3) is 0.364. The first-order valence-corrected chi connectivity index (χ1v) is 5.37. The Morgan fingerprint density at radius 2 is 2.33 bits per heavy atom. The van der Waals surface area contributed by atoms with Gasteiger partial charge in [-0.25, -0.2) is 4.98 Å². The first kappa shape index (κ1) is 10.5. The molecular formula is C11H13ClN2O. The smallest absolute Gasteiger partial charge is 0.197 e. The molecule has 80 valence electrons. The van der Waals surface area contributed by atoms with E-state index in [2.05, 4.69) is 4.98 Å². The number of nitrogens with zero attached hydrogens (tertiary/aromatic N) is 1. The lowest BCUT2D eigenvalue weighted by Gasteiger charge is -2.03.